The van der Waals surface area contributed by atoms with Crippen LogP contribution in [0.2, 0.25) is 0 Å². The van der Waals surface area contributed by atoms with Gasteiger partial charge < -0.3 is 16.2 Å². The smallest absolute Gasteiger partial charge is 0.337 e. The number of nitrogens with zero attached hydrogens (tertiary/aromatic N) is 2. The maximum atomic E-state index is 10.8. The number of carboxylic acids is 1. The summed E-state index contributed by atoms with van der Waals surface area (Å²) in [5, 5.41) is 14.6. The van der Waals surface area contributed by atoms with Crippen LogP contribution in [-0.2, 0) is 0 Å². The number of nitrogens with two attached hydrogens (primary N) is 1. The van der Waals surface area contributed by atoms with Crippen molar-refractivity contribution in [2.24, 2.45) is 0 Å². The molecule has 6 nitrogen and oxygen atoms in total. The number of aromatic nitrogens is 2. The van der Waals surface area contributed by atoms with Gasteiger partial charge >= 0.3 is 5.97 Å². The third-order valence-electron chi connectivity index (χ3n) is 2.91. The first-order chi connectivity index (χ1) is 9.13. The molecule has 2 heterocycles. The Morgan fingerprint density at radius 1 is 1.53 bits per heavy atom. The fourth-order valence-electron chi connectivity index (χ4n) is 1.71. The number of carboxylic acid groups (broad SMARTS) is 1. The Morgan fingerprint density at radius 2 is 2.32 bits per heavy atom. The van der Waals surface area contributed by atoms with Crippen LogP contribution in [0, 0.1) is 0 Å². The van der Waals surface area contributed by atoms with Crippen molar-refractivity contribution in [3.63, 3.8) is 0 Å². The van der Waals surface area contributed by atoms with Gasteiger partial charge in [-0.1, -0.05) is 0 Å². The summed E-state index contributed by atoms with van der Waals surface area (Å²) in [6.45, 7) is 0. The SMILES string of the molecule is Nc1cc(C(=O)O)cnc1Nc1nc(C2CC2)cs1. The van der Waals surface area contributed by atoms with Crippen molar-refractivity contribution in [3.8, 4) is 0 Å². The molecule has 0 aliphatic heterocycles. The first-order valence-electron chi connectivity index (χ1n) is 5.85. The molecular weight excluding hydrogens is 264 g/mol. The summed E-state index contributed by atoms with van der Waals surface area (Å²) in [7, 11) is 0. The molecule has 4 N–H and O–H groups in total. The second-order valence-electron chi connectivity index (χ2n) is 4.44. The van der Waals surface area contributed by atoms with Gasteiger partial charge in [0.1, 0.15) is 0 Å². The number of carbonyl (C=O) groups is 1. The van der Waals surface area contributed by atoms with E-state index in [0.717, 1.165) is 10.8 Å². The number of anilines is 3. The fraction of sp³-hybridized carbons (Fsp3) is 0.250. The van der Waals surface area contributed by atoms with Crippen LogP contribution in [0.5, 0.6) is 0 Å². The van der Waals surface area contributed by atoms with Gasteiger partial charge in [0.25, 0.3) is 0 Å². The third-order valence-corrected chi connectivity index (χ3v) is 3.68. The van der Waals surface area contributed by atoms with E-state index in [2.05, 4.69) is 15.3 Å². The highest BCUT2D eigenvalue weighted by Gasteiger charge is 2.26. The number of pyridine rings is 1. The largest absolute Gasteiger partial charge is 0.478 e. The molecule has 1 saturated carbocycles. The Balaban J connectivity index is 1.79. The van der Waals surface area contributed by atoms with Crippen LogP contribution in [-0.4, -0.2) is 21.0 Å². The van der Waals surface area contributed by atoms with Gasteiger partial charge in [-0.25, -0.2) is 14.8 Å². The molecule has 19 heavy (non-hydrogen) atoms. The number of aromatic carboxylic acids is 1. The molecule has 0 amide bonds. The van der Waals surface area contributed by atoms with Gasteiger partial charge in [-0.05, 0) is 18.9 Å². The van der Waals surface area contributed by atoms with Gasteiger partial charge in [0, 0.05) is 17.5 Å². The lowest BCUT2D eigenvalue weighted by Gasteiger charge is -2.05. The first kappa shape index (κ1) is 11.9. The lowest BCUT2D eigenvalue weighted by atomic mass is 10.2. The zero-order valence-electron chi connectivity index (χ0n) is 9.96. The molecule has 2 aromatic heterocycles. The van der Waals surface area contributed by atoms with E-state index in [1.807, 2.05) is 5.38 Å². The minimum Gasteiger partial charge on any atom is -0.478 e. The molecule has 0 saturated heterocycles. The van der Waals surface area contributed by atoms with E-state index >= 15 is 0 Å². The van der Waals surface area contributed by atoms with Gasteiger partial charge in [-0.15, -0.1) is 11.3 Å². The Hall–Kier alpha value is -2.15. The zero-order chi connectivity index (χ0) is 13.4. The Kier molecular flexibility index (Phi) is 2.83. The van der Waals surface area contributed by atoms with Crippen molar-refractivity contribution in [2.75, 3.05) is 11.1 Å². The van der Waals surface area contributed by atoms with Crippen molar-refractivity contribution in [3.05, 3.63) is 28.9 Å². The number of rotatable bonds is 4. The Morgan fingerprint density at radius 3 is 2.95 bits per heavy atom. The van der Waals surface area contributed by atoms with Crippen molar-refractivity contribution in [1.82, 2.24) is 9.97 Å². The Bertz CT molecular complexity index is 636. The highest BCUT2D eigenvalue weighted by molar-refractivity contribution is 7.13. The van der Waals surface area contributed by atoms with E-state index in [-0.39, 0.29) is 5.56 Å². The van der Waals surface area contributed by atoms with Crippen molar-refractivity contribution >= 4 is 33.9 Å². The molecule has 3 rings (SSSR count). The minimum absolute atomic E-state index is 0.0702. The molecule has 0 aromatic carbocycles. The summed E-state index contributed by atoms with van der Waals surface area (Å²) in [6, 6.07) is 1.38. The number of hydrogen-bond acceptors (Lipinski definition) is 6. The molecule has 1 aliphatic carbocycles. The van der Waals surface area contributed by atoms with E-state index < -0.39 is 5.97 Å². The quantitative estimate of drug-likeness (QED) is 0.792. The van der Waals surface area contributed by atoms with Crippen molar-refractivity contribution in [2.45, 2.75) is 18.8 Å². The van der Waals surface area contributed by atoms with E-state index in [1.54, 1.807) is 0 Å². The number of nitrogen functional groups attached to an aromatic ring is 1. The highest BCUT2D eigenvalue weighted by atomic mass is 32.1. The number of hydrogen-bond donors (Lipinski definition) is 3. The average molecular weight is 276 g/mol. The summed E-state index contributed by atoms with van der Waals surface area (Å²) >= 11 is 1.50. The molecule has 7 heteroatoms. The lowest BCUT2D eigenvalue weighted by Crippen LogP contribution is -2.03. The van der Waals surface area contributed by atoms with Crippen LogP contribution < -0.4 is 11.1 Å². The van der Waals surface area contributed by atoms with Crippen molar-refractivity contribution < 1.29 is 9.90 Å². The van der Waals surface area contributed by atoms with E-state index in [1.165, 1.54) is 36.4 Å². The van der Waals surface area contributed by atoms with Crippen molar-refractivity contribution in [1.29, 1.82) is 0 Å². The first-order valence-corrected chi connectivity index (χ1v) is 6.72. The lowest BCUT2D eigenvalue weighted by molar-refractivity contribution is 0.0696. The van der Waals surface area contributed by atoms with E-state index in [0.29, 0.717) is 17.4 Å². The molecule has 0 atom stereocenters. The summed E-state index contributed by atoms with van der Waals surface area (Å²) in [4.78, 5) is 19.3. The van der Waals surface area contributed by atoms with Gasteiger partial charge in [0.2, 0.25) is 0 Å². The highest BCUT2D eigenvalue weighted by Crippen LogP contribution is 2.41. The number of thiazole rings is 1. The van der Waals surface area contributed by atoms with Gasteiger partial charge in [0.05, 0.1) is 16.9 Å². The third kappa shape index (κ3) is 2.50. The predicted octanol–water partition coefficient (Wildman–Crippen LogP) is 2.44. The fourth-order valence-corrected chi connectivity index (χ4v) is 2.51. The molecule has 2 aromatic rings. The van der Waals surface area contributed by atoms with Crippen LogP contribution in [0.15, 0.2) is 17.6 Å². The van der Waals surface area contributed by atoms with Gasteiger partial charge in [-0.2, -0.15) is 0 Å². The normalized spacial score (nSPS) is 14.3. The second-order valence-corrected chi connectivity index (χ2v) is 5.30. The number of nitrogens with one attached hydrogen (secondary N) is 1. The maximum absolute atomic E-state index is 10.8. The molecule has 0 spiro atoms. The van der Waals surface area contributed by atoms with Crippen LogP contribution in [0.4, 0.5) is 16.6 Å². The summed E-state index contributed by atoms with van der Waals surface area (Å²) < 4.78 is 0. The second kappa shape index (κ2) is 4.51. The molecule has 98 valence electrons. The van der Waals surface area contributed by atoms with Crippen LogP contribution in [0.25, 0.3) is 0 Å². The summed E-state index contributed by atoms with van der Waals surface area (Å²) in [5.74, 6) is -0.00999. The standard InChI is InChI=1S/C12H12N4O2S/c13-8-3-7(11(17)18)4-14-10(8)16-12-15-9(5-19-12)6-1-2-6/h3-6H,1-2,13H2,(H,17,18)(H,14,15,16). The molecular formula is C12H12N4O2S. The maximum Gasteiger partial charge on any atom is 0.337 e. The van der Waals surface area contributed by atoms with Crippen LogP contribution >= 0.6 is 11.3 Å². The molecule has 0 radical (unpaired) electrons. The molecule has 1 aliphatic rings. The Labute approximate surface area is 113 Å². The molecule has 0 unspecified atom stereocenters. The van der Waals surface area contributed by atoms with Gasteiger partial charge in [-0.3, -0.25) is 0 Å². The van der Waals surface area contributed by atoms with Gasteiger partial charge in [0.15, 0.2) is 10.9 Å². The molecule has 0 bridgehead atoms. The topological polar surface area (TPSA) is 101 Å². The van der Waals surface area contributed by atoms with E-state index in [4.69, 9.17) is 10.8 Å². The minimum atomic E-state index is -1.05. The van der Waals surface area contributed by atoms with Crippen LogP contribution in [0.1, 0.15) is 34.8 Å². The van der Waals surface area contributed by atoms with Crippen LogP contribution in [0.3, 0.4) is 0 Å². The van der Waals surface area contributed by atoms with E-state index in [9.17, 15) is 4.79 Å². The predicted molar refractivity (Wildman–Crippen MR) is 73.0 cm³/mol. The zero-order valence-corrected chi connectivity index (χ0v) is 10.8. The summed E-state index contributed by atoms with van der Waals surface area (Å²) in [5.41, 5.74) is 7.24. The molecule has 1 fully saturated rings. The summed E-state index contributed by atoms with van der Waals surface area (Å²) in [6.07, 6.45) is 3.68. The average Bonchev–Trinajstić information content (AvgIpc) is 3.12. The monoisotopic (exact) mass is 276 g/mol.